The minimum atomic E-state index is -0.280. The first-order valence-electron chi connectivity index (χ1n) is 9.39. The van der Waals surface area contributed by atoms with Crippen LogP contribution in [-0.4, -0.2) is 17.6 Å². The first-order valence-corrected chi connectivity index (χ1v) is 9.80. The summed E-state index contributed by atoms with van der Waals surface area (Å²) in [5.41, 5.74) is 4.41. The van der Waals surface area contributed by atoms with Gasteiger partial charge in [0.1, 0.15) is 5.75 Å². The summed E-state index contributed by atoms with van der Waals surface area (Å²) in [6.45, 7) is 8.31. The number of hydrogen-bond acceptors (Lipinski definition) is 3. The second kappa shape index (κ2) is 10.1. The fourth-order valence-electron chi connectivity index (χ4n) is 2.94. The highest BCUT2D eigenvalue weighted by molar-refractivity contribution is 7.80. The van der Waals surface area contributed by atoms with Gasteiger partial charge >= 0.3 is 0 Å². The normalized spacial score (nSPS) is 10.6. The topological polar surface area (TPSA) is 50.4 Å². The Morgan fingerprint density at radius 3 is 2.26 bits per heavy atom. The molecule has 2 N–H and O–H groups in total. The Labute approximate surface area is 167 Å². The molecule has 27 heavy (non-hydrogen) atoms. The molecule has 0 fully saturated rings. The zero-order chi connectivity index (χ0) is 19.8. The highest BCUT2D eigenvalue weighted by Crippen LogP contribution is 2.25. The molecular formula is C22H28N2O2S. The van der Waals surface area contributed by atoms with Crippen molar-refractivity contribution in [3.8, 4) is 5.75 Å². The Hall–Kier alpha value is -2.40. The molecule has 0 aliphatic rings. The lowest BCUT2D eigenvalue weighted by Crippen LogP contribution is -2.37. The van der Waals surface area contributed by atoms with Crippen LogP contribution in [0.1, 0.15) is 50.3 Å². The number of carbonyl (C=O) groups excluding carboxylic acids is 1. The molecule has 0 atom stereocenters. The molecule has 0 saturated heterocycles. The molecule has 144 valence electrons. The van der Waals surface area contributed by atoms with Crippen molar-refractivity contribution in [2.45, 2.75) is 46.5 Å². The standard InChI is InChI=1S/C22H28N2O2S/c1-5-16-10-9-11-17(6-2)21(16)24-22(27)23-20(25)14-26-19-13-8-7-12-18(19)15(3)4/h7-13,15H,5-6,14H2,1-4H3,(H2,23,24,25,27). The van der Waals surface area contributed by atoms with Crippen molar-refractivity contribution in [3.05, 3.63) is 59.2 Å². The third kappa shape index (κ3) is 5.79. The molecule has 0 saturated carbocycles. The second-order valence-electron chi connectivity index (χ2n) is 6.64. The van der Waals surface area contributed by atoms with E-state index >= 15 is 0 Å². The van der Waals surface area contributed by atoms with Crippen LogP contribution in [0, 0.1) is 0 Å². The monoisotopic (exact) mass is 384 g/mol. The maximum absolute atomic E-state index is 12.2. The molecular weight excluding hydrogens is 356 g/mol. The third-order valence-electron chi connectivity index (χ3n) is 4.39. The van der Waals surface area contributed by atoms with E-state index in [1.807, 2.05) is 30.3 Å². The number of thiocarbonyl (C=S) groups is 1. The number of amides is 1. The summed E-state index contributed by atoms with van der Waals surface area (Å²) in [6.07, 6.45) is 1.78. The molecule has 2 aromatic carbocycles. The van der Waals surface area contributed by atoms with Crippen LogP contribution in [-0.2, 0) is 17.6 Å². The van der Waals surface area contributed by atoms with E-state index in [0.29, 0.717) is 5.92 Å². The van der Waals surface area contributed by atoms with Gasteiger partial charge in [-0.1, -0.05) is 64.1 Å². The number of para-hydroxylation sites is 2. The molecule has 0 aliphatic carbocycles. The Balaban J connectivity index is 1.96. The molecule has 0 aromatic heterocycles. The van der Waals surface area contributed by atoms with Gasteiger partial charge in [-0.2, -0.15) is 0 Å². The fraction of sp³-hybridized carbons (Fsp3) is 0.364. The molecule has 0 bridgehead atoms. The van der Waals surface area contributed by atoms with E-state index in [0.717, 1.165) is 29.8 Å². The minimum Gasteiger partial charge on any atom is -0.483 e. The predicted molar refractivity (Wildman–Crippen MR) is 116 cm³/mol. The van der Waals surface area contributed by atoms with Crippen molar-refractivity contribution in [2.24, 2.45) is 0 Å². The first-order chi connectivity index (χ1) is 13.0. The van der Waals surface area contributed by atoms with Gasteiger partial charge in [-0.05, 0) is 53.7 Å². The lowest BCUT2D eigenvalue weighted by molar-refractivity contribution is -0.121. The number of aryl methyl sites for hydroxylation is 2. The van der Waals surface area contributed by atoms with E-state index < -0.39 is 0 Å². The molecule has 4 nitrogen and oxygen atoms in total. The molecule has 0 aliphatic heterocycles. The van der Waals surface area contributed by atoms with Crippen LogP contribution in [0.4, 0.5) is 5.69 Å². The van der Waals surface area contributed by atoms with Crippen LogP contribution >= 0.6 is 12.2 Å². The maximum atomic E-state index is 12.2. The van der Waals surface area contributed by atoms with Gasteiger partial charge < -0.3 is 10.1 Å². The molecule has 0 unspecified atom stereocenters. The van der Waals surface area contributed by atoms with Crippen LogP contribution in [0.15, 0.2) is 42.5 Å². The number of nitrogens with one attached hydrogen (secondary N) is 2. The summed E-state index contributed by atoms with van der Waals surface area (Å²) < 4.78 is 5.70. The zero-order valence-electron chi connectivity index (χ0n) is 16.5. The molecule has 0 spiro atoms. The van der Waals surface area contributed by atoms with Crippen molar-refractivity contribution in [3.63, 3.8) is 0 Å². The van der Waals surface area contributed by atoms with Gasteiger partial charge in [0.05, 0.1) is 0 Å². The van der Waals surface area contributed by atoms with E-state index in [1.54, 1.807) is 0 Å². The van der Waals surface area contributed by atoms with E-state index in [9.17, 15) is 4.79 Å². The average Bonchev–Trinajstić information content (AvgIpc) is 2.66. The lowest BCUT2D eigenvalue weighted by Gasteiger charge is -2.17. The van der Waals surface area contributed by atoms with Crippen molar-refractivity contribution in [1.29, 1.82) is 0 Å². The van der Waals surface area contributed by atoms with Crippen molar-refractivity contribution >= 4 is 28.9 Å². The van der Waals surface area contributed by atoms with Crippen LogP contribution in [0.2, 0.25) is 0 Å². The Morgan fingerprint density at radius 1 is 1.04 bits per heavy atom. The van der Waals surface area contributed by atoms with E-state index in [2.05, 4.69) is 50.5 Å². The van der Waals surface area contributed by atoms with Gasteiger partial charge in [0.15, 0.2) is 11.7 Å². The quantitative estimate of drug-likeness (QED) is 0.672. The molecule has 0 heterocycles. The number of ether oxygens (including phenoxy) is 1. The Bertz CT molecular complexity index is 780. The second-order valence-corrected chi connectivity index (χ2v) is 7.05. The first kappa shape index (κ1) is 20.9. The van der Waals surface area contributed by atoms with E-state index in [-0.39, 0.29) is 17.6 Å². The van der Waals surface area contributed by atoms with Crippen LogP contribution in [0.25, 0.3) is 0 Å². The summed E-state index contributed by atoms with van der Waals surface area (Å²) in [5, 5.41) is 6.18. The summed E-state index contributed by atoms with van der Waals surface area (Å²) in [7, 11) is 0. The SMILES string of the molecule is CCc1cccc(CC)c1NC(=S)NC(=O)COc1ccccc1C(C)C. The lowest BCUT2D eigenvalue weighted by atomic mass is 10.0. The highest BCUT2D eigenvalue weighted by Gasteiger charge is 2.12. The zero-order valence-corrected chi connectivity index (χ0v) is 17.3. The van der Waals surface area contributed by atoms with Gasteiger partial charge in [-0.3, -0.25) is 10.1 Å². The van der Waals surface area contributed by atoms with Gasteiger partial charge in [0.2, 0.25) is 0 Å². The summed E-state index contributed by atoms with van der Waals surface area (Å²) in [4.78, 5) is 12.2. The predicted octanol–water partition coefficient (Wildman–Crippen LogP) is 4.83. The smallest absolute Gasteiger partial charge is 0.264 e. The number of anilines is 1. The largest absolute Gasteiger partial charge is 0.483 e. The van der Waals surface area contributed by atoms with Gasteiger partial charge in [0, 0.05) is 5.69 Å². The van der Waals surface area contributed by atoms with E-state index in [1.165, 1.54) is 11.1 Å². The molecule has 2 rings (SSSR count). The van der Waals surface area contributed by atoms with Crippen molar-refractivity contribution in [1.82, 2.24) is 5.32 Å². The van der Waals surface area contributed by atoms with E-state index in [4.69, 9.17) is 17.0 Å². The number of rotatable bonds is 7. The maximum Gasteiger partial charge on any atom is 0.264 e. The van der Waals surface area contributed by atoms with Crippen LogP contribution < -0.4 is 15.4 Å². The van der Waals surface area contributed by atoms with Crippen LogP contribution in [0.5, 0.6) is 5.75 Å². The molecule has 5 heteroatoms. The molecule has 0 radical (unpaired) electrons. The van der Waals surface area contributed by atoms with Crippen LogP contribution in [0.3, 0.4) is 0 Å². The van der Waals surface area contributed by atoms with Gasteiger partial charge in [-0.15, -0.1) is 0 Å². The summed E-state index contributed by atoms with van der Waals surface area (Å²) in [5.74, 6) is 0.772. The van der Waals surface area contributed by atoms with Crippen molar-refractivity contribution < 1.29 is 9.53 Å². The minimum absolute atomic E-state index is 0.0817. The number of hydrogen-bond donors (Lipinski definition) is 2. The highest BCUT2D eigenvalue weighted by atomic mass is 32.1. The summed E-state index contributed by atoms with van der Waals surface area (Å²) in [6, 6.07) is 13.9. The van der Waals surface area contributed by atoms with Gasteiger partial charge in [0.25, 0.3) is 5.91 Å². The third-order valence-corrected chi connectivity index (χ3v) is 4.59. The Morgan fingerprint density at radius 2 is 1.67 bits per heavy atom. The fourth-order valence-corrected chi connectivity index (χ4v) is 3.16. The number of benzene rings is 2. The number of carbonyl (C=O) groups is 1. The van der Waals surface area contributed by atoms with Crippen molar-refractivity contribution in [2.75, 3.05) is 11.9 Å². The summed E-state index contributed by atoms with van der Waals surface area (Å²) >= 11 is 5.33. The Kier molecular flexibility index (Phi) is 7.80. The molecule has 2 aromatic rings. The average molecular weight is 385 g/mol. The van der Waals surface area contributed by atoms with Gasteiger partial charge in [-0.25, -0.2) is 0 Å². The molecule has 1 amide bonds.